The Labute approximate surface area is 195 Å². The topological polar surface area (TPSA) is 104 Å². The van der Waals surface area contributed by atoms with Gasteiger partial charge in [0.25, 0.3) is 0 Å². The number of anilines is 1. The minimum atomic E-state index is -1.34. The Bertz CT molecular complexity index is 1150. The smallest absolute Gasteiger partial charge is 0.235 e. The Morgan fingerprint density at radius 2 is 2.15 bits per heavy atom. The maximum absolute atomic E-state index is 14.4. The molecule has 0 bridgehead atoms. The molecule has 33 heavy (non-hydrogen) atoms. The predicted molar refractivity (Wildman–Crippen MR) is 121 cm³/mol. The lowest BCUT2D eigenvalue weighted by Crippen LogP contribution is -2.30. The number of halogens is 2. The van der Waals surface area contributed by atoms with Gasteiger partial charge in [-0.15, -0.1) is 0 Å². The van der Waals surface area contributed by atoms with Gasteiger partial charge in [0.05, 0.1) is 18.3 Å². The van der Waals surface area contributed by atoms with Crippen molar-refractivity contribution in [2.75, 3.05) is 38.1 Å². The van der Waals surface area contributed by atoms with Gasteiger partial charge < -0.3 is 15.5 Å². The van der Waals surface area contributed by atoms with Crippen LogP contribution in [0.25, 0.3) is 4.85 Å². The van der Waals surface area contributed by atoms with E-state index in [0.717, 1.165) is 37.3 Å². The second kappa shape index (κ2) is 10.6. The van der Waals surface area contributed by atoms with E-state index in [1.807, 2.05) is 18.9 Å². The number of nitriles is 1. The highest BCUT2D eigenvalue weighted by Crippen LogP contribution is 2.43. The van der Waals surface area contributed by atoms with E-state index in [9.17, 15) is 18.8 Å². The lowest BCUT2D eigenvalue weighted by molar-refractivity contribution is -0.117. The highest BCUT2D eigenvalue weighted by atomic mass is 32.2. The molecule has 1 saturated heterocycles. The molecule has 1 amide bonds. The molecule has 172 valence electrons. The zero-order valence-corrected chi connectivity index (χ0v) is 19.1. The lowest BCUT2D eigenvalue weighted by atomic mass is 10.1. The lowest BCUT2D eigenvalue weighted by Gasteiger charge is -2.26. The van der Waals surface area contributed by atoms with Gasteiger partial charge in [-0.1, -0.05) is 18.7 Å². The first-order valence-electron chi connectivity index (χ1n) is 10.4. The van der Waals surface area contributed by atoms with Crippen molar-refractivity contribution in [3.8, 4) is 6.07 Å². The fraction of sp³-hybridized carbons (Fsp3) is 0.409. The minimum Gasteiger partial charge on any atom is -0.368 e. The molecule has 0 radical (unpaired) electrons. The number of amides is 1. The van der Waals surface area contributed by atoms with Crippen molar-refractivity contribution in [3.63, 3.8) is 0 Å². The van der Waals surface area contributed by atoms with Crippen LogP contribution < -0.4 is 10.6 Å². The number of carbonyl (C=O) groups excluding carboxylic acids is 1. The number of primary amides is 1. The summed E-state index contributed by atoms with van der Waals surface area (Å²) in [5.74, 6) is -2.35. The molecular weight excluding hydrogens is 448 g/mol. The van der Waals surface area contributed by atoms with Gasteiger partial charge in [0.15, 0.2) is 0 Å². The van der Waals surface area contributed by atoms with Crippen LogP contribution in [-0.4, -0.2) is 54.0 Å². The standard InChI is InChI=1S/C22H23F2N7OS/c1-4-13-15(11-25)22(33-19(20(26)32)14-10-17(24)28-12-16(14)23)29-21(18(13)27-2)31-7-5-6-30(3)8-9-31/h10,12,19H,4-9H2,1,3H3,(H2,26,32). The number of aromatic nitrogens is 2. The summed E-state index contributed by atoms with van der Waals surface area (Å²) in [6.45, 7) is 12.5. The fourth-order valence-electron chi connectivity index (χ4n) is 3.74. The number of rotatable bonds is 6. The van der Waals surface area contributed by atoms with Crippen molar-refractivity contribution in [3.05, 3.63) is 52.1 Å². The van der Waals surface area contributed by atoms with E-state index in [1.165, 1.54) is 0 Å². The summed E-state index contributed by atoms with van der Waals surface area (Å²) >= 11 is 0.774. The van der Waals surface area contributed by atoms with Crippen LogP contribution in [0, 0.1) is 29.7 Å². The van der Waals surface area contributed by atoms with Crippen molar-refractivity contribution < 1.29 is 13.6 Å². The van der Waals surface area contributed by atoms with Gasteiger partial charge in [-0.05, 0) is 32.0 Å². The largest absolute Gasteiger partial charge is 0.368 e. The summed E-state index contributed by atoms with van der Waals surface area (Å²) in [6, 6.07) is 2.88. The molecule has 1 fully saturated rings. The Hall–Kier alpha value is -3.28. The number of hydrogen-bond acceptors (Lipinski definition) is 7. The summed E-state index contributed by atoms with van der Waals surface area (Å²) in [5.41, 5.74) is 6.17. The quantitative estimate of drug-likeness (QED) is 0.392. The van der Waals surface area contributed by atoms with E-state index >= 15 is 0 Å². The molecule has 1 unspecified atom stereocenters. The van der Waals surface area contributed by atoms with E-state index < -0.39 is 22.9 Å². The third-order valence-corrected chi connectivity index (χ3v) is 6.68. The molecule has 2 N–H and O–H groups in total. The van der Waals surface area contributed by atoms with Crippen LogP contribution in [0.15, 0.2) is 17.3 Å². The van der Waals surface area contributed by atoms with Crippen LogP contribution in [0.1, 0.15) is 35.3 Å². The SMILES string of the molecule is [C-]#[N+]c1c(N2CCCN(C)CC2)nc(SC(C(N)=O)c2cc(F)ncc2F)c(C#N)c1CC. The molecule has 11 heteroatoms. The van der Waals surface area contributed by atoms with Crippen LogP contribution in [0.3, 0.4) is 0 Å². The summed E-state index contributed by atoms with van der Waals surface area (Å²) < 4.78 is 28.1. The average molecular weight is 472 g/mol. The number of thioether (sulfide) groups is 1. The van der Waals surface area contributed by atoms with Gasteiger partial charge >= 0.3 is 0 Å². The van der Waals surface area contributed by atoms with E-state index in [-0.39, 0.29) is 16.2 Å². The summed E-state index contributed by atoms with van der Waals surface area (Å²) in [4.78, 5) is 27.9. The molecule has 0 saturated carbocycles. The second-order valence-electron chi connectivity index (χ2n) is 7.59. The molecule has 1 aliphatic rings. The molecular formula is C22H23F2N7OS. The van der Waals surface area contributed by atoms with Crippen molar-refractivity contribution in [2.24, 2.45) is 5.73 Å². The zero-order valence-electron chi connectivity index (χ0n) is 18.3. The molecule has 3 heterocycles. The molecule has 1 atom stereocenters. The van der Waals surface area contributed by atoms with Gasteiger partial charge in [-0.3, -0.25) is 4.79 Å². The van der Waals surface area contributed by atoms with E-state index in [4.69, 9.17) is 12.3 Å². The molecule has 0 aliphatic carbocycles. The van der Waals surface area contributed by atoms with Crippen molar-refractivity contribution in [1.29, 1.82) is 5.26 Å². The summed E-state index contributed by atoms with van der Waals surface area (Å²) in [7, 11) is 2.02. The number of nitrogens with two attached hydrogens (primary N) is 1. The van der Waals surface area contributed by atoms with E-state index in [1.54, 1.807) is 0 Å². The van der Waals surface area contributed by atoms with E-state index in [0.29, 0.717) is 42.8 Å². The highest BCUT2D eigenvalue weighted by molar-refractivity contribution is 8.00. The number of hydrogen-bond donors (Lipinski definition) is 1. The van der Waals surface area contributed by atoms with Crippen molar-refractivity contribution in [1.82, 2.24) is 14.9 Å². The zero-order chi connectivity index (χ0) is 24.1. The number of nitrogens with zero attached hydrogens (tertiary/aromatic N) is 6. The van der Waals surface area contributed by atoms with Crippen LogP contribution in [0.5, 0.6) is 0 Å². The third kappa shape index (κ3) is 5.21. The van der Waals surface area contributed by atoms with Crippen LogP contribution in [0.4, 0.5) is 20.3 Å². The first kappa shape index (κ1) is 24.4. The van der Waals surface area contributed by atoms with Crippen LogP contribution >= 0.6 is 11.8 Å². The normalized spacial score (nSPS) is 15.4. The van der Waals surface area contributed by atoms with Crippen molar-refractivity contribution in [2.45, 2.75) is 30.0 Å². The fourth-order valence-corrected chi connectivity index (χ4v) is 4.82. The molecule has 2 aromatic rings. The first-order valence-corrected chi connectivity index (χ1v) is 11.2. The van der Waals surface area contributed by atoms with Gasteiger partial charge in [-0.25, -0.2) is 19.2 Å². The van der Waals surface area contributed by atoms with Gasteiger partial charge in [-0.2, -0.15) is 9.65 Å². The number of likely N-dealkylation sites (N-methyl/N-ethyl adjacent to an activating group) is 1. The monoisotopic (exact) mass is 471 g/mol. The summed E-state index contributed by atoms with van der Waals surface area (Å²) in [6.07, 6.45) is 1.93. The Kier molecular flexibility index (Phi) is 7.79. The average Bonchev–Trinajstić information content (AvgIpc) is 3.02. The molecule has 2 aromatic heterocycles. The molecule has 0 spiro atoms. The number of pyridine rings is 2. The minimum absolute atomic E-state index is 0.130. The maximum atomic E-state index is 14.4. The van der Waals surface area contributed by atoms with Crippen molar-refractivity contribution >= 4 is 29.2 Å². The Balaban J connectivity index is 2.15. The van der Waals surface area contributed by atoms with Crippen LogP contribution in [0.2, 0.25) is 0 Å². The predicted octanol–water partition coefficient (Wildman–Crippen LogP) is 3.20. The van der Waals surface area contributed by atoms with Gasteiger partial charge in [0, 0.05) is 31.3 Å². The maximum Gasteiger partial charge on any atom is 0.235 e. The Morgan fingerprint density at radius 3 is 2.79 bits per heavy atom. The van der Waals surface area contributed by atoms with Gasteiger partial charge in [0.1, 0.15) is 28.0 Å². The van der Waals surface area contributed by atoms with E-state index in [2.05, 4.69) is 25.8 Å². The van der Waals surface area contributed by atoms with Gasteiger partial charge in [0.2, 0.25) is 17.5 Å². The van der Waals surface area contributed by atoms with Crippen LogP contribution in [-0.2, 0) is 11.2 Å². The molecule has 3 rings (SSSR count). The first-order chi connectivity index (χ1) is 15.8. The molecule has 0 aromatic carbocycles. The molecule has 1 aliphatic heterocycles. The third-order valence-electron chi connectivity index (χ3n) is 5.44. The molecule has 8 nitrogen and oxygen atoms in total. The highest BCUT2D eigenvalue weighted by Gasteiger charge is 2.29. The Morgan fingerprint density at radius 1 is 1.39 bits per heavy atom. The number of carbonyl (C=O) groups is 1. The second-order valence-corrected chi connectivity index (χ2v) is 8.69. The summed E-state index contributed by atoms with van der Waals surface area (Å²) in [5, 5.41) is 8.67.